The molecule has 2 saturated carbocycles. The Balaban J connectivity index is 0.830. The quantitative estimate of drug-likeness (QED) is 0.167. The number of benzene rings is 7. The van der Waals surface area contributed by atoms with E-state index >= 15 is 0 Å². The molecular formula is C63H53N3. The van der Waals surface area contributed by atoms with Gasteiger partial charge in [0.2, 0.25) is 0 Å². The molecule has 1 aromatic heterocycles. The van der Waals surface area contributed by atoms with Crippen molar-refractivity contribution >= 4 is 5.57 Å². The first-order valence-electron chi connectivity index (χ1n) is 24.5. The molecule has 5 aliphatic carbocycles. The lowest BCUT2D eigenvalue weighted by atomic mass is 9.61. The maximum absolute atomic E-state index is 5.10. The highest BCUT2D eigenvalue weighted by molar-refractivity contribution is 5.93. The third kappa shape index (κ3) is 6.42. The van der Waals surface area contributed by atoms with E-state index in [4.69, 9.17) is 15.0 Å². The van der Waals surface area contributed by atoms with Gasteiger partial charge in [0, 0.05) is 33.4 Å². The molecule has 3 nitrogen and oxygen atoms in total. The minimum absolute atomic E-state index is 0.110. The van der Waals surface area contributed by atoms with Gasteiger partial charge in [0.25, 0.3) is 0 Å². The Labute approximate surface area is 389 Å². The first-order valence-corrected chi connectivity index (χ1v) is 24.5. The molecule has 8 aromatic rings. The summed E-state index contributed by atoms with van der Waals surface area (Å²) in [5, 5.41) is 0. The van der Waals surface area contributed by atoms with Crippen LogP contribution in [-0.4, -0.2) is 15.0 Å². The summed E-state index contributed by atoms with van der Waals surface area (Å²) in [5.74, 6) is 3.03. The van der Waals surface area contributed by atoms with Crippen molar-refractivity contribution in [3.05, 3.63) is 216 Å². The fraction of sp³-hybridized carbons (Fsp3) is 0.222. The number of hydrogen-bond donors (Lipinski definition) is 0. The van der Waals surface area contributed by atoms with Gasteiger partial charge in [-0.25, -0.2) is 15.0 Å². The lowest BCUT2D eigenvalue weighted by molar-refractivity contribution is 0.232. The Morgan fingerprint density at radius 2 is 0.848 bits per heavy atom. The van der Waals surface area contributed by atoms with Gasteiger partial charge in [0.1, 0.15) is 0 Å². The van der Waals surface area contributed by atoms with Crippen LogP contribution in [0, 0.1) is 5.92 Å². The molecular weight excluding hydrogens is 799 g/mol. The van der Waals surface area contributed by atoms with Gasteiger partial charge in [-0.15, -0.1) is 0 Å². The van der Waals surface area contributed by atoms with Crippen LogP contribution < -0.4 is 0 Å². The van der Waals surface area contributed by atoms with Crippen molar-refractivity contribution in [3.8, 4) is 67.5 Å². The van der Waals surface area contributed by atoms with E-state index in [9.17, 15) is 0 Å². The minimum Gasteiger partial charge on any atom is -0.208 e. The van der Waals surface area contributed by atoms with Crippen molar-refractivity contribution in [2.45, 2.75) is 81.0 Å². The summed E-state index contributed by atoms with van der Waals surface area (Å²) in [6.45, 7) is 0. The van der Waals surface area contributed by atoms with Crippen LogP contribution in [0.3, 0.4) is 0 Å². The summed E-state index contributed by atoms with van der Waals surface area (Å²) in [7, 11) is 0. The van der Waals surface area contributed by atoms with E-state index in [2.05, 4.69) is 164 Å². The smallest absolute Gasteiger partial charge is 0.164 e. The van der Waals surface area contributed by atoms with E-state index in [-0.39, 0.29) is 10.8 Å². The standard InChI is InChI=1S/C63H53N3/c1-5-16-42(17-6-1)43-28-30-47(31-29-43)60-64-59(46-18-7-2-8-19-46)65-61(66-60)50-21-15-20-48(38-50)44-24-26-45(27-25-44)49-32-33-52-54-41-57-53(40-58(54)63(56(52)39-49)36-13-4-14-37-63)51-22-9-10-23-55(51)62(57)34-11-3-12-35-62/h1-2,5-10,15-33,38-41,53,57H,3-4,11-14,34-37H2. The average molecular weight is 852 g/mol. The summed E-state index contributed by atoms with van der Waals surface area (Å²) in [6, 6.07) is 64.1. The molecule has 2 fully saturated rings. The monoisotopic (exact) mass is 851 g/mol. The van der Waals surface area contributed by atoms with Crippen molar-refractivity contribution in [2.24, 2.45) is 5.92 Å². The van der Waals surface area contributed by atoms with Crippen molar-refractivity contribution in [2.75, 3.05) is 0 Å². The van der Waals surface area contributed by atoms with Crippen LogP contribution in [0.5, 0.6) is 0 Å². The SMILES string of the molecule is C1=C2C(=CC3c4ccccc4C4(CCCCC4)C13)C1(CCCCC1)c1cc(-c3ccc(-c4cccc(-c5nc(-c6ccccc6)nc(-c6ccc(-c7ccccc7)cc6)n5)c4)cc3)ccc12. The number of hydrogen-bond acceptors (Lipinski definition) is 3. The van der Waals surface area contributed by atoms with Crippen LogP contribution in [0.2, 0.25) is 0 Å². The maximum atomic E-state index is 5.10. The Morgan fingerprint density at radius 1 is 0.364 bits per heavy atom. The molecule has 7 aromatic carbocycles. The lowest BCUT2D eigenvalue weighted by Crippen LogP contribution is -2.35. The van der Waals surface area contributed by atoms with Crippen LogP contribution in [0.4, 0.5) is 0 Å². The molecule has 0 saturated heterocycles. The molecule has 13 rings (SSSR count). The van der Waals surface area contributed by atoms with Crippen molar-refractivity contribution in [1.29, 1.82) is 0 Å². The van der Waals surface area contributed by atoms with Gasteiger partial charge in [-0.1, -0.05) is 214 Å². The molecule has 5 aliphatic rings. The van der Waals surface area contributed by atoms with E-state index < -0.39 is 0 Å². The highest BCUT2D eigenvalue weighted by Crippen LogP contribution is 2.66. The van der Waals surface area contributed by atoms with Crippen LogP contribution in [0.15, 0.2) is 194 Å². The van der Waals surface area contributed by atoms with E-state index in [1.54, 1.807) is 27.8 Å². The number of rotatable bonds is 6. The molecule has 1 heterocycles. The minimum atomic E-state index is 0.110. The molecule has 0 aliphatic heterocycles. The van der Waals surface area contributed by atoms with E-state index in [1.807, 2.05) is 24.3 Å². The van der Waals surface area contributed by atoms with Gasteiger partial charge < -0.3 is 0 Å². The summed E-state index contributed by atoms with van der Waals surface area (Å²) in [6.07, 6.45) is 18.8. The van der Waals surface area contributed by atoms with E-state index in [1.165, 1.54) is 92.0 Å². The molecule has 66 heavy (non-hydrogen) atoms. The second kappa shape index (κ2) is 15.9. The summed E-state index contributed by atoms with van der Waals surface area (Å²) < 4.78 is 0. The van der Waals surface area contributed by atoms with Crippen LogP contribution >= 0.6 is 0 Å². The number of allylic oxidation sites excluding steroid dienone is 4. The van der Waals surface area contributed by atoms with Gasteiger partial charge in [0.05, 0.1) is 0 Å². The van der Waals surface area contributed by atoms with Gasteiger partial charge in [-0.3, -0.25) is 0 Å². The summed E-state index contributed by atoms with van der Waals surface area (Å²) in [4.78, 5) is 15.2. The lowest BCUT2D eigenvalue weighted by Gasteiger charge is -2.43. The maximum Gasteiger partial charge on any atom is 0.164 e. The van der Waals surface area contributed by atoms with Crippen LogP contribution in [0.25, 0.3) is 73.1 Å². The predicted molar refractivity (Wildman–Crippen MR) is 271 cm³/mol. The number of aromatic nitrogens is 3. The Kier molecular flexibility index (Phi) is 9.48. The van der Waals surface area contributed by atoms with E-state index in [0.717, 1.165) is 27.8 Å². The summed E-state index contributed by atoms with van der Waals surface area (Å²) in [5.41, 5.74) is 20.1. The highest BCUT2D eigenvalue weighted by atomic mass is 15.0. The van der Waals surface area contributed by atoms with Crippen molar-refractivity contribution < 1.29 is 0 Å². The van der Waals surface area contributed by atoms with Gasteiger partial charge >= 0.3 is 0 Å². The summed E-state index contributed by atoms with van der Waals surface area (Å²) >= 11 is 0. The average Bonchev–Trinajstić information content (AvgIpc) is 3.80. The molecule has 0 amide bonds. The molecule has 2 unspecified atom stereocenters. The third-order valence-electron chi connectivity index (χ3n) is 16.2. The molecule has 0 radical (unpaired) electrons. The predicted octanol–water partition coefficient (Wildman–Crippen LogP) is 16.0. The zero-order valence-electron chi connectivity index (χ0n) is 37.5. The third-order valence-corrected chi connectivity index (χ3v) is 16.2. The van der Waals surface area contributed by atoms with Gasteiger partial charge in [-0.2, -0.15) is 0 Å². The molecule has 0 N–H and O–H groups in total. The number of nitrogens with zero attached hydrogens (tertiary/aromatic N) is 3. The topological polar surface area (TPSA) is 38.7 Å². The van der Waals surface area contributed by atoms with Crippen molar-refractivity contribution in [3.63, 3.8) is 0 Å². The Morgan fingerprint density at radius 3 is 1.53 bits per heavy atom. The highest BCUT2D eigenvalue weighted by Gasteiger charge is 2.55. The van der Waals surface area contributed by atoms with Crippen LogP contribution in [-0.2, 0) is 10.8 Å². The second-order valence-electron chi connectivity index (χ2n) is 19.7. The molecule has 0 bridgehead atoms. The van der Waals surface area contributed by atoms with Gasteiger partial charge in [-0.05, 0) is 111 Å². The Hall–Kier alpha value is -6.97. The zero-order chi connectivity index (χ0) is 43.7. The zero-order valence-corrected chi connectivity index (χ0v) is 37.5. The van der Waals surface area contributed by atoms with E-state index in [0.29, 0.717) is 29.3 Å². The van der Waals surface area contributed by atoms with Gasteiger partial charge in [0.15, 0.2) is 17.5 Å². The van der Waals surface area contributed by atoms with Crippen LogP contribution in [0.1, 0.15) is 92.4 Å². The molecule has 2 atom stereocenters. The fourth-order valence-corrected chi connectivity index (χ4v) is 13.1. The molecule has 3 heteroatoms. The molecule has 2 spiro atoms. The first kappa shape index (κ1) is 39.4. The van der Waals surface area contributed by atoms with Crippen molar-refractivity contribution in [1.82, 2.24) is 15.0 Å². The largest absolute Gasteiger partial charge is 0.208 e. The Bertz CT molecular complexity index is 3180. The second-order valence-corrected chi connectivity index (χ2v) is 19.7. The fourth-order valence-electron chi connectivity index (χ4n) is 13.1. The normalized spacial score (nSPS) is 19.6. The first-order chi connectivity index (χ1) is 32.6. The molecule has 320 valence electrons. The number of fused-ring (bicyclic) bond motifs is 10.